The van der Waals surface area contributed by atoms with Gasteiger partial charge in [-0.1, -0.05) is 48.5 Å². The Labute approximate surface area is 445 Å². The van der Waals surface area contributed by atoms with Crippen LogP contribution in [0.2, 0.25) is 0 Å². The third kappa shape index (κ3) is 10.7. The average molecular weight is 1150 g/mol. The molecule has 0 bridgehead atoms. The number of fused-ring (bicyclic) bond motifs is 2. The molecule has 0 unspecified atom stereocenters. The summed E-state index contributed by atoms with van der Waals surface area (Å²) in [5.74, 6) is 0. The molecular formula is C56H20F18N6O2. The molecule has 0 atom stereocenters. The van der Waals surface area contributed by atoms with Gasteiger partial charge < -0.3 is 8.83 Å². The summed E-state index contributed by atoms with van der Waals surface area (Å²) in [5, 5.41) is 40.0. The highest BCUT2D eigenvalue weighted by atomic mass is 19.4. The van der Waals surface area contributed by atoms with Crippen LogP contribution in [0.5, 0.6) is 0 Å². The molecule has 2 aromatic heterocycles. The maximum Gasteiger partial charge on any atom is 0.416 e. The van der Waals surface area contributed by atoms with Gasteiger partial charge in [-0.15, -0.1) is 0 Å². The molecule has 0 aliphatic heterocycles. The fourth-order valence-electron chi connectivity index (χ4n) is 8.86. The van der Waals surface area contributed by atoms with Crippen molar-refractivity contribution in [3.05, 3.63) is 166 Å². The Balaban J connectivity index is 1.41. The van der Waals surface area contributed by atoms with Crippen molar-refractivity contribution < 1.29 is 87.9 Å². The van der Waals surface area contributed by atoms with Gasteiger partial charge in [0, 0.05) is 0 Å². The Morgan fingerprint density at radius 3 is 0.805 bits per heavy atom. The highest BCUT2D eigenvalue weighted by molar-refractivity contribution is 6.18. The lowest BCUT2D eigenvalue weighted by molar-refractivity contribution is -0.144. The van der Waals surface area contributed by atoms with Crippen molar-refractivity contribution >= 4 is 33.3 Å². The lowest BCUT2D eigenvalue weighted by Crippen LogP contribution is -2.11. The maximum absolute atomic E-state index is 14.9. The summed E-state index contributed by atoms with van der Waals surface area (Å²) in [6, 6.07) is 19.0. The number of alkyl halides is 18. The minimum atomic E-state index is -5.45. The van der Waals surface area contributed by atoms with E-state index in [2.05, 4.69) is 9.97 Å². The zero-order valence-electron chi connectivity index (χ0n) is 39.9. The number of rotatable bonds is 6. The third-order valence-corrected chi connectivity index (χ3v) is 12.4. The van der Waals surface area contributed by atoms with Crippen LogP contribution >= 0.6 is 0 Å². The molecule has 9 rings (SSSR count). The molecule has 0 aliphatic rings. The van der Waals surface area contributed by atoms with Crippen LogP contribution in [-0.4, -0.2) is 9.97 Å². The number of oxazole rings is 2. The second-order valence-corrected chi connectivity index (χ2v) is 17.6. The summed E-state index contributed by atoms with van der Waals surface area (Å²) >= 11 is 0. The fourth-order valence-corrected chi connectivity index (χ4v) is 8.86. The van der Waals surface area contributed by atoms with Crippen molar-refractivity contribution in [2.24, 2.45) is 0 Å². The minimum absolute atomic E-state index is 0.184. The summed E-state index contributed by atoms with van der Waals surface area (Å²) in [6.45, 7) is 0. The van der Waals surface area contributed by atoms with Crippen LogP contribution in [-0.2, 0) is 37.1 Å². The molecule has 0 saturated heterocycles. The zero-order chi connectivity index (χ0) is 59.8. The van der Waals surface area contributed by atoms with Crippen LogP contribution in [0.1, 0.15) is 33.4 Å². The van der Waals surface area contributed by atoms with Crippen LogP contribution in [0.3, 0.4) is 0 Å². The molecule has 0 fully saturated rings. The van der Waals surface area contributed by atoms with E-state index in [0.29, 0.717) is 12.1 Å². The molecular weight excluding hydrogens is 1130 g/mol. The topological polar surface area (TPSA) is 147 Å². The van der Waals surface area contributed by atoms with Gasteiger partial charge >= 0.3 is 37.1 Å². The first-order valence-electron chi connectivity index (χ1n) is 22.6. The normalized spacial score (nSPS) is 12.5. The van der Waals surface area contributed by atoms with Gasteiger partial charge in [-0.2, -0.15) is 100 Å². The van der Waals surface area contributed by atoms with Crippen molar-refractivity contribution in [2.75, 3.05) is 0 Å². The zero-order valence-corrected chi connectivity index (χ0v) is 39.9. The van der Waals surface area contributed by atoms with E-state index in [1.54, 1.807) is 0 Å². The second kappa shape index (κ2) is 19.9. The summed E-state index contributed by atoms with van der Waals surface area (Å²) in [5.41, 5.74) is -23.6. The van der Waals surface area contributed by atoms with Crippen molar-refractivity contribution in [3.8, 4) is 91.0 Å². The van der Waals surface area contributed by atoms with E-state index >= 15 is 0 Å². The first kappa shape index (κ1) is 56.6. The van der Waals surface area contributed by atoms with Gasteiger partial charge in [0.15, 0.2) is 22.3 Å². The van der Waals surface area contributed by atoms with E-state index in [1.807, 2.05) is 0 Å². The van der Waals surface area contributed by atoms with Crippen molar-refractivity contribution in [3.63, 3.8) is 0 Å². The van der Waals surface area contributed by atoms with Gasteiger partial charge in [-0.3, -0.25) is 0 Å². The Morgan fingerprint density at radius 2 is 0.549 bits per heavy atom. The van der Waals surface area contributed by atoms with Crippen LogP contribution in [0.25, 0.3) is 100 Å². The number of nitriles is 4. The predicted octanol–water partition coefficient (Wildman–Crippen LogP) is 16.5. The van der Waals surface area contributed by atoms with Gasteiger partial charge in [0.05, 0.1) is 44.5 Å². The molecule has 8 nitrogen and oxygen atoms in total. The van der Waals surface area contributed by atoms with Crippen LogP contribution in [0.15, 0.2) is 130 Å². The van der Waals surface area contributed by atoms with E-state index in [1.165, 1.54) is 60.7 Å². The molecule has 0 spiro atoms. The number of nitrogens with zero attached hydrogens (tertiary/aromatic N) is 6. The Morgan fingerprint density at radius 1 is 0.317 bits per heavy atom. The van der Waals surface area contributed by atoms with Crippen LogP contribution < -0.4 is 11.1 Å². The van der Waals surface area contributed by atoms with Crippen LogP contribution in [0.4, 0.5) is 79.0 Å². The quantitative estimate of drug-likeness (QED) is 0.150. The summed E-state index contributed by atoms with van der Waals surface area (Å²) < 4.78 is 270. The van der Waals surface area contributed by atoms with Crippen molar-refractivity contribution in [2.45, 2.75) is 37.1 Å². The summed E-state index contributed by atoms with van der Waals surface area (Å²) in [4.78, 5) is 8.69. The first-order valence-corrected chi connectivity index (χ1v) is 22.6. The van der Waals surface area contributed by atoms with Gasteiger partial charge in [-0.05, 0) is 128 Å². The molecule has 7 aromatic carbocycles. The fraction of sp³-hybridized carbons (Fsp3) is 0.107. The maximum atomic E-state index is 14.9. The molecule has 0 N–H and O–H groups in total. The van der Waals surface area contributed by atoms with Gasteiger partial charge in [-0.25, -0.2) is 9.97 Å². The highest BCUT2D eigenvalue weighted by Gasteiger charge is 2.40. The number of benzene rings is 7. The van der Waals surface area contributed by atoms with E-state index in [9.17, 15) is 100 Å². The molecule has 9 aromatic rings. The van der Waals surface area contributed by atoms with Gasteiger partial charge in [0.25, 0.3) is 0 Å². The lowest BCUT2D eigenvalue weighted by atomic mass is 9.87. The van der Waals surface area contributed by atoms with E-state index < -0.39 is 159 Å². The molecule has 0 aliphatic carbocycles. The highest BCUT2D eigenvalue weighted by Crippen LogP contribution is 2.50. The van der Waals surface area contributed by atoms with Gasteiger partial charge in [0.2, 0.25) is 11.1 Å². The predicted molar refractivity (Wildman–Crippen MR) is 253 cm³/mol. The average Bonchev–Trinajstić information content (AvgIpc) is 2.98. The monoisotopic (exact) mass is 1150 g/mol. The summed E-state index contributed by atoms with van der Waals surface area (Å²) in [7, 11) is 0. The van der Waals surface area contributed by atoms with Crippen LogP contribution in [0, 0.1) is 45.3 Å². The van der Waals surface area contributed by atoms with Gasteiger partial charge in [0.1, 0.15) is 35.3 Å². The first-order chi connectivity index (χ1) is 38.2. The number of aromatic nitrogens is 2. The Kier molecular flexibility index (Phi) is 13.8. The molecule has 2 heterocycles. The van der Waals surface area contributed by atoms with E-state index in [-0.39, 0.29) is 70.8 Å². The second-order valence-electron chi connectivity index (χ2n) is 17.6. The molecule has 82 heavy (non-hydrogen) atoms. The van der Waals surface area contributed by atoms with E-state index in [4.69, 9.17) is 8.83 Å². The number of hydrogen-bond acceptors (Lipinski definition) is 8. The lowest BCUT2D eigenvalue weighted by Gasteiger charge is -2.19. The standard InChI is InChI=1S/C56H20F18N6O2/c57-51(58,59)33-11-25(27-13-35(53(63,64)65)19-36(14-27)54(66,67)68)9-29(17-33)39-5-1-3-7-41(39)43-45-48(82-49(79-45)31(21-75)22-76)44(46-47(43)81-50(80-46)32(23-77)24-78)42-8-4-2-6-40(42)30-10-26(12-34(18-30)52(60,61)62)28-15-37(55(69,70)71)20-38(16-28)56(72,73)74/h1-20H. The molecule has 26 heteroatoms. The Hall–Kier alpha value is -10.1. The third-order valence-electron chi connectivity index (χ3n) is 12.4. The largest absolute Gasteiger partial charge is 0.434 e. The molecule has 0 radical (unpaired) electrons. The number of hydrogen-bond donors (Lipinski definition) is 0. The summed E-state index contributed by atoms with van der Waals surface area (Å²) in [6.07, 6.45) is -32.5. The van der Waals surface area contributed by atoms with Crippen molar-refractivity contribution in [1.29, 1.82) is 21.0 Å². The Bertz CT molecular complexity index is 4000. The van der Waals surface area contributed by atoms with E-state index in [0.717, 1.165) is 24.3 Å². The number of halogens is 18. The SMILES string of the molecule is N#CC(C#N)=c1nc2c(-c3ccccc3-c3cc(-c4cc(C(F)(F)F)cc(C(F)(F)F)c4)cc(C(F)(F)F)c3)c3oc(=C(C#N)C#N)nc3c(-c3ccccc3-c3cc(-c4cc(C(F)(F)F)cc(C(F)(F)F)c4)cc(C(F)(F)F)c3)c2o1. The minimum Gasteiger partial charge on any atom is -0.434 e. The van der Waals surface area contributed by atoms with Crippen molar-refractivity contribution in [1.82, 2.24) is 9.97 Å². The smallest absolute Gasteiger partial charge is 0.416 e. The molecule has 0 saturated carbocycles. The molecule has 0 amide bonds. The molecule has 412 valence electrons.